The van der Waals surface area contributed by atoms with Gasteiger partial charge in [0.05, 0.1) is 6.10 Å². The van der Waals surface area contributed by atoms with E-state index in [2.05, 4.69) is 0 Å². The molecule has 1 aromatic carbocycles. The van der Waals surface area contributed by atoms with Crippen molar-refractivity contribution >= 4 is 5.69 Å². The Labute approximate surface area is 95.3 Å². The van der Waals surface area contributed by atoms with Gasteiger partial charge in [0.15, 0.2) is 0 Å². The monoisotopic (exact) mass is 225 g/mol. The van der Waals surface area contributed by atoms with Crippen molar-refractivity contribution in [2.45, 2.75) is 32.5 Å². The lowest BCUT2D eigenvalue weighted by Gasteiger charge is -2.19. The summed E-state index contributed by atoms with van der Waals surface area (Å²) in [6.45, 7) is 3.57. The van der Waals surface area contributed by atoms with Gasteiger partial charge in [-0.15, -0.1) is 0 Å². The van der Waals surface area contributed by atoms with Crippen LogP contribution in [-0.2, 0) is 0 Å². The number of rotatable bonds is 4. The molecule has 0 saturated heterocycles. The van der Waals surface area contributed by atoms with Crippen molar-refractivity contribution in [1.29, 1.82) is 0 Å². The zero-order chi connectivity index (χ0) is 12.3. The van der Waals surface area contributed by atoms with Gasteiger partial charge in [-0.2, -0.15) is 0 Å². The molecule has 2 unspecified atom stereocenters. The van der Waals surface area contributed by atoms with E-state index in [1.807, 2.05) is 13.8 Å². The van der Waals surface area contributed by atoms with Gasteiger partial charge in [0.1, 0.15) is 6.10 Å². The summed E-state index contributed by atoms with van der Waals surface area (Å²) in [7, 11) is 0. The van der Waals surface area contributed by atoms with Gasteiger partial charge in [-0.05, 0) is 37.0 Å². The van der Waals surface area contributed by atoms with Crippen molar-refractivity contribution in [3.63, 3.8) is 0 Å². The summed E-state index contributed by atoms with van der Waals surface area (Å²) in [5.74, 6) is 0. The van der Waals surface area contributed by atoms with Gasteiger partial charge in [0, 0.05) is 12.3 Å². The molecule has 16 heavy (non-hydrogen) atoms. The van der Waals surface area contributed by atoms with Gasteiger partial charge in [0.2, 0.25) is 0 Å². The van der Waals surface area contributed by atoms with Crippen LogP contribution in [0.3, 0.4) is 0 Å². The largest absolute Gasteiger partial charge is 0.398 e. The Kier molecular flexibility index (Phi) is 4.29. The van der Waals surface area contributed by atoms with Gasteiger partial charge in [-0.3, -0.25) is 0 Å². The first-order valence-corrected chi connectivity index (χ1v) is 5.31. The average molecular weight is 225 g/mol. The molecule has 4 nitrogen and oxygen atoms in total. The third-order valence-corrected chi connectivity index (χ3v) is 2.75. The third-order valence-electron chi connectivity index (χ3n) is 2.75. The maximum absolute atomic E-state index is 9.86. The summed E-state index contributed by atoms with van der Waals surface area (Å²) in [4.78, 5) is 0. The second-order valence-corrected chi connectivity index (χ2v) is 4.09. The highest BCUT2D eigenvalue weighted by Gasteiger charge is 2.18. The van der Waals surface area contributed by atoms with Crippen LogP contribution < -0.4 is 5.73 Å². The summed E-state index contributed by atoms with van der Waals surface area (Å²) in [6, 6.07) is 3.52. The summed E-state index contributed by atoms with van der Waals surface area (Å²) < 4.78 is 0. The maximum Gasteiger partial charge on any atom is 0.105 e. The Bertz CT molecular complexity index is 342. The molecule has 0 fully saturated rings. The Hall–Kier alpha value is -1.10. The number of benzene rings is 1. The molecule has 0 bridgehead atoms. The first kappa shape index (κ1) is 13.0. The fraction of sp³-hybridized carbons (Fsp3) is 0.500. The highest BCUT2D eigenvalue weighted by Crippen LogP contribution is 2.25. The van der Waals surface area contributed by atoms with Crippen LogP contribution >= 0.6 is 0 Å². The number of nitrogens with two attached hydrogens (primary N) is 1. The molecule has 1 aromatic rings. The molecule has 0 aliphatic carbocycles. The minimum absolute atomic E-state index is 0.148. The van der Waals surface area contributed by atoms with Crippen molar-refractivity contribution in [2.75, 3.05) is 12.3 Å². The van der Waals surface area contributed by atoms with Crippen LogP contribution in [0.4, 0.5) is 5.69 Å². The number of hydrogen-bond acceptors (Lipinski definition) is 4. The standard InChI is InChI=1S/C12H19NO3/c1-7-5-9(6-8(2)11(7)13)12(16)10(15)3-4-14/h5-6,10,12,14-16H,3-4,13H2,1-2H3. The van der Waals surface area contributed by atoms with Gasteiger partial charge in [-0.25, -0.2) is 0 Å². The third kappa shape index (κ3) is 2.72. The van der Waals surface area contributed by atoms with Crippen molar-refractivity contribution in [1.82, 2.24) is 0 Å². The zero-order valence-electron chi connectivity index (χ0n) is 9.64. The highest BCUT2D eigenvalue weighted by atomic mass is 16.3. The number of aliphatic hydroxyl groups is 3. The van der Waals surface area contributed by atoms with E-state index in [1.165, 1.54) is 0 Å². The van der Waals surface area contributed by atoms with Crippen LogP contribution in [0.25, 0.3) is 0 Å². The molecular weight excluding hydrogens is 206 g/mol. The number of anilines is 1. The molecule has 0 radical (unpaired) electrons. The highest BCUT2D eigenvalue weighted by molar-refractivity contribution is 5.54. The second kappa shape index (κ2) is 5.30. The molecule has 0 amide bonds. The Balaban J connectivity index is 2.96. The minimum atomic E-state index is -0.981. The first-order chi connectivity index (χ1) is 7.47. The predicted octanol–water partition coefficient (Wildman–Crippen LogP) is 0.662. The van der Waals surface area contributed by atoms with Crippen molar-refractivity contribution < 1.29 is 15.3 Å². The molecule has 0 aromatic heterocycles. The van der Waals surface area contributed by atoms with E-state index in [9.17, 15) is 10.2 Å². The Morgan fingerprint density at radius 2 is 1.69 bits per heavy atom. The minimum Gasteiger partial charge on any atom is -0.398 e. The van der Waals surface area contributed by atoms with Crippen LogP contribution in [0.1, 0.15) is 29.2 Å². The zero-order valence-corrected chi connectivity index (χ0v) is 9.64. The van der Waals surface area contributed by atoms with E-state index in [1.54, 1.807) is 12.1 Å². The van der Waals surface area contributed by atoms with E-state index in [0.717, 1.165) is 11.1 Å². The smallest absolute Gasteiger partial charge is 0.105 e. The molecule has 4 heteroatoms. The van der Waals surface area contributed by atoms with E-state index >= 15 is 0 Å². The lowest BCUT2D eigenvalue weighted by Crippen LogP contribution is -2.19. The van der Waals surface area contributed by atoms with Gasteiger partial charge < -0.3 is 21.1 Å². The molecule has 0 saturated carbocycles. The fourth-order valence-electron chi connectivity index (χ4n) is 1.69. The number of nitrogen functional groups attached to an aromatic ring is 1. The van der Waals surface area contributed by atoms with E-state index in [4.69, 9.17) is 10.8 Å². The molecule has 90 valence electrons. The van der Waals surface area contributed by atoms with E-state index in [0.29, 0.717) is 11.3 Å². The fourth-order valence-corrected chi connectivity index (χ4v) is 1.69. The van der Waals surface area contributed by atoms with Crippen LogP contribution in [0.2, 0.25) is 0 Å². The first-order valence-electron chi connectivity index (χ1n) is 5.31. The molecule has 2 atom stereocenters. The molecule has 0 aliphatic heterocycles. The molecule has 0 aliphatic rings. The number of aliphatic hydroxyl groups excluding tert-OH is 3. The molecule has 0 heterocycles. The maximum atomic E-state index is 9.86. The summed E-state index contributed by atoms with van der Waals surface area (Å²) in [6.07, 6.45) is -1.78. The Morgan fingerprint density at radius 3 is 2.12 bits per heavy atom. The average Bonchev–Trinajstić information content (AvgIpc) is 2.24. The topological polar surface area (TPSA) is 86.7 Å². The number of hydrogen-bond donors (Lipinski definition) is 4. The summed E-state index contributed by atoms with van der Waals surface area (Å²) in [5.41, 5.74) is 8.89. The molecule has 0 spiro atoms. The van der Waals surface area contributed by atoms with Crippen LogP contribution in [0.15, 0.2) is 12.1 Å². The predicted molar refractivity (Wildman–Crippen MR) is 63.0 cm³/mol. The van der Waals surface area contributed by atoms with Crippen molar-refractivity contribution in [2.24, 2.45) is 0 Å². The summed E-state index contributed by atoms with van der Waals surface area (Å²) >= 11 is 0. The van der Waals surface area contributed by atoms with Crippen molar-refractivity contribution in [3.05, 3.63) is 28.8 Å². The van der Waals surface area contributed by atoms with Crippen LogP contribution in [0.5, 0.6) is 0 Å². The van der Waals surface area contributed by atoms with Crippen molar-refractivity contribution in [3.8, 4) is 0 Å². The van der Waals surface area contributed by atoms with Gasteiger partial charge >= 0.3 is 0 Å². The van der Waals surface area contributed by atoms with Gasteiger partial charge in [-0.1, -0.05) is 12.1 Å². The summed E-state index contributed by atoms with van der Waals surface area (Å²) in [5, 5.41) is 28.1. The quantitative estimate of drug-likeness (QED) is 0.567. The van der Waals surface area contributed by atoms with Crippen LogP contribution in [0, 0.1) is 13.8 Å². The molecule has 1 rings (SSSR count). The molecular formula is C12H19NO3. The second-order valence-electron chi connectivity index (χ2n) is 4.09. The van der Waals surface area contributed by atoms with Gasteiger partial charge in [0.25, 0.3) is 0 Å². The number of aryl methyl sites for hydroxylation is 2. The Morgan fingerprint density at radius 1 is 1.19 bits per heavy atom. The van der Waals surface area contributed by atoms with E-state index in [-0.39, 0.29) is 13.0 Å². The lowest BCUT2D eigenvalue weighted by atomic mass is 9.97. The normalized spacial score (nSPS) is 14.8. The van der Waals surface area contributed by atoms with E-state index < -0.39 is 12.2 Å². The van der Waals surface area contributed by atoms with Crippen LogP contribution in [-0.4, -0.2) is 28.0 Å². The SMILES string of the molecule is Cc1cc(C(O)C(O)CCO)cc(C)c1N. The lowest BCUT2D eigenvalue weighted by molar-refractivity contribution is 0.00418. The molecule has 5 N–H and O–H groups in total.